The molecule has 0 aromatic heterocycles. The Bertz CT molecular complexity index is 764. The molecule has 0 aliphatic carbocycles. The van der Waals surface area contributed by atoms with Crippen molar-refractivity contribution in [2.24, 2.45) is 0 Å². The van der Waals surface area contributed by atoms with Crippen LogP contribution in [0, 0.1) is 11.6 Å². The van der Waals surface area contributed by atoms with Gasteiger partial charge in [-0.1, -0.05) is 11.8 Å². The van der Waals surface area contributed by atoms with Crippen LogP contribution in [0.2, 0.25) is 0 Å². The number of benzene rings is 2. The SMILES string of the molecule is O=S(=O)(Nc1ccc(SC(F)F)cc1)c1cc(F)ccc1F. The Morgan fingerprint density at radius 3 is 2.23 bits per heavy atom. The van der Waals surface area contributed by atoms with Crippen LogP contribution in [0.3, 0.4) is 0 Å². The van der Waals surface area contributed by atoms with E-state index in [1.54, 1.807) is 0 Å². The lowest BCUT2D eigenvalue weighted by Crippen LogP contribution is -2.14. The predicted octanol–water partition coefficient (Wildman–Crippen LogP) is 4.08. The van der Waals surface area contributed by atoms with Crippen LogP contribution < -0.4 is 4.72 Å². The third kappa shape index (κ3) is 4.14. The molecule has 3 nitrogen and oxygen atoms in total. The maximum absolute atomic E-state index is 13.5. The second-order valence-corrected chi connectivity index (χ2v) is 6.80. The quantitative estimate of drug-likeness (QED) is 0.652. The molecule has 118 valence electrons. The minimum absolute atomic E-state index is 0.0438. The summed E-state index contributed by atoms with van der Waals surface area (Å²) in [5, 5.41) is 0. The molecule has 0 saturated carbocycles. The summed E-state index contributed by atoms with van der Waals surface area (Å²) < 4.78 is 76.9. The van der Waals surface area contributed by atoms with Crippen molar-refractivity contribution in [1.82, 2.24) is 0 Å². The normalized spacial score (nSPS) is 11.7. The van der Waals surface area contributed by atoms with Gasteiger partial charge in [0.05, 0.1) is 0 Å². The highest BCUT2D eigenvalue weighted by Crippen LogP contribution is 2.27. The highest BCUT2D eigenvalue weighted by molar-refractivity contribution is 7.99. The van der Waals surface area contributed by atoms with Gasteiger partial charge in [0.15, 0.2) is 0 Å². The lowest BCUT2D eigenvalue weighted by atomic mass is 10.3. The van der Waals surface area contributed by atoms with E-state index in [1.165, 1.54) is 24.3 Å². The molecule has 2 rings (SSSR count). The van der Waals surface area contributed by atoms with Gasteiger partial charge in [-0.25, -0.2) is 17.2 Å². The van der Waals surface area contributed by atoms with Gasteiger partial charge in [-0.15, -0.1) is 0 Å². The lowest BCUT2D eigenvalue weighted by Gasteiger charge is -2.09. The van der Waals surface area contributed by atoms with Gasteiger partial charge in [-0.3, -0.25) is 4.72 Å². The number of thioether (sulfide) groups is 1. The van der Waals surface area contributed by atoms with Crippen molar-refractivity contribution in [2.75, 3.05) is 4.72 Å². The van der Waals surface area contributed by atoms with E-state index in [4.69, 9.17) is 0 Å². The van der Waals surface area contributed by atoms with Crippen molar-refractivity contribution < 1.29 is 26.0 Å². The van der Waals surface area contributed by atoms with Gasteiger partial charge in [0.25, 0.3) is 15.8 Å². The Kier molecular flexibility index (Phi) is 4.97. The van der Waals surface area contributed by atoms with E-state index in [2.05, 4.69) is 4.72 Å². The monoisotopic (exact) mass is 351 g/mol. The lowest BCUT2D eigenvalue weighted by molar-refractivity contribution is 0.252. The maximum atomic E-state index is 13.5. The molecule has 0 fully saturated rings. The molecular weight excluding hydrogens is 342 g/mol. The van der Waals surface area contributed by atoms with Crippen LogP contribution in [0.15, 0.2) is 52.3 Å². The molecule has 0 radical (unpaired) electrons. The standard InChI is InChI=1S/C13H9F4NO2S2/c14-8-1-6-11(15)12(7-8)22(19,20)18-9-2-4-10(5-3-9)21-13(16)17/h1-7,13,18H. The second-order valence-electron chi connectivity index (χ2n) is 4.08. The van der Waals surface area contributed by atoms with Crippen molar-refractivity contribution in [3.63, 3.8) is 0 Å². The number of halogens is 4. The van der Waals surface area contributed by atoms with Crippen molar-refractivity contribution in [3.8, 4) is 0 Å². The number of sulfonamides is 1. The summed E-state index contributed by atoms with van der Waals surface area (Å²) in [6, 6.07) is 7.13. The van der Waals surface area contributed by atoms with Crippen LogP contribution in [0.1, 0.15) is 0 Å². The highest BCUT2D eigenvalue weighted by Gasteiger charge is 2.20. The summed E-state index contributed by atoms with van der Waals surface area (Å²) in [4.78, 5) is -0.589. The molecule has 0 bridgehead atoms. The maximum Gasteiger partial charge on any atom is 0.288 e. The van der Waals surface area contributed by atoms with Gasteiger partial charge in [-0.2, -0.15) is 8.78 Å². The summed E-state index contributed by atoms with van der Waals surface area (Å²) in [6.07, 6.45) is 0. The smallest absolute Gasteiger partial charge is 0.280 e. The molecule has 0 aliphatic heterocycles. The number of hydrogen-bond donors (Lipinski definition) is 1. The minimum atomic E-state index is -4.32. The van der Waals surface area contributed by atoms with Crippen molar-refractivity contribution in [1.29, 1.82) is 0 Å². The van der Waals surface area contributed by atoms with Crippen LogP contribution in [0.25, 0.3) is 0 Å². The van der Waals surface area contributed by atoms with Crippen LogP contribution in [0.5, 0.6) is 0 Å². The molecule has 2 aromatic carbocycles. The summed E-state index contributed by atoms with van der Waals surface area (Å²) in [7, 11) is -4.32. The number of alkyl halides is 2. The summed E-state index contributed by atoms with van der Waals surface area (Å²) in [5.74, 6) is -4.59. The average Bonchev–Trinajstić information content (AvgIpc) is 2.43. The molecule has 0 amide bonds. The van der Waals surface area contributed by atoms with E-state index < -0.39 is 32.3 Å². The number of nitrogens with one attached hydrogen (secondary N) is 1. The van der Waals surface area contributed by atoms with Gasteiger partial charge in [0.1, 0.15) is 16.5 Å². The Hall–Kier alpha value is -1.74. The summed E-state index contributed by atoms with van der Waals surface area (Å²) in [5.41, 5.74) is 0.0438. The van der Waals surface area contributed by atoms with Gasteiger partial charge < -0.3 is 0 Å². The fourth-order valence-electron chi connectivity index (χ4n) is 1.60. The first kappa shape index (κ1) is 16.6. The van der Waals surface area contributed by atoms with E-state index in [9.17, 15) is 26.0 Å². The molecule has 9 heteroatoms. The molecule has 0 heterocycles. The molecule has 0 unspecified atom stereocenters. The summed E-state index contributed by atoms with van der Waals surface area (Å²) in [6.45, 7) is 0. The molecule has 2 aromatic rings. The molecule has 0 spiro atoms. The fraction of sp³-hybridized carbons (Fsp3) is 0.0769. The highest BCUT2D eigenvalue weighted by atomic mass is 32.2. The zero-order chi connectivity index (χ0) is 16.3. The number of rotatable bonds is 5. The Morgan fingerprint density at radius 2 is 1.64 bits per heavy atom. The van der Waals surface area contributed by atoms with Crippen LogP contribution in [0.4, 0.5) is 23.2 Å². The van der Waals surface area contributed by atoms with E-state index >= 15 is 0 Å². The van der Waals surface area contributed by atoms with Gasteiger partial charge >= 0.3 is 0 Å². The second kappa shape index (κ2) is 6.57. The zero-order valence-electron chi connectivity index (χ0n) is 10.8. The minimum Gasteiger partial charge on any atom is -0.280 e. The first-order valence-electron chi connectivity index (χ1n) is 5.81. The Balaban J connectivity index is 2.23. The van der Waals surface area contributed by atoms with Gasteiger partial charge in [0.2, 0.25) is 0 Å². The predicted molar refractivity (Wildman–Crippen MR) is 75.5 cm³/mol. The third-order valence-corrected chi connectivity index (χ3v) is 4.63. The van der Waals surface area contributed by atoms with E-state index in [0.717, 1.165) is 6.07 Å². The van der Waals surface area contributed by atoms with E-state index in [-0.39, 0.29) is 10.6 Å². The van der Waals surface area contributed by atoms with Crippen LogP contribution in [-0.4, -0.2) is 14.2 Å². The van der Waals surface area contributed by atoms with Crippen LogP contribution in [-0.2, 0) is 10.0 Å². The first-order valence-corrected chi connectivity index (χ1v) is 8.17. The first-order chi connectivity index (χ1) is 10.3. The molecule has 0 atom stereocenters. The molecular formula is C13H9F4NO2S2. The Morgan fingerprint density at radius 1 is 1.00 bits per heavy atom. The largest absolute Gasteiger partial charge is 0.288 e. The topological polar surface area (TPSA) is 46.2 Å². The van der Waals surface area contributed by atoms with Gasteiger partial charge in [0, 0.05) is 10.6 Å². The Labute approximate surface area is 128 Å². The number of anilines is 1. The molecule has 1 N–H and O–H groups in total. The fourth-order valence-corrected chi connectivity index (χ4v) is 3.25. The van der Waals surface area contributed by atoms with Crippen molar-refractivity contribution in [2.45, 2.75) is 15.5 Å². The molecule has 0 saturated heterocycles. The zero-order valence-corrected chi connectivity index (χ0v) is 12.4. The van der Waals surface area contributed by atoms with Crippen molar-refractivity contribution >= 4 is 27.5 Å². The number of hydrogen-bond acceptors (Lipinski definition) is 3. The summed E-state index contributed by atoms with van der Waals surface area (Å²) >= 11 is 0.306. The van der Waals surface area contributed by atoms with E-state index in [1.807, 2.05) is 0 Å². The van der Waals surface area contributed by atoms with Crippen molar-refractivity contribution in [3.05, 3.63) is 54.1 Å². The average molecular weight is 351 g/mol. The third-order valence-electron chi connectivity index (χ3n) is 2.51. The van der Waals surface area contributed by atoms with Gasteiger partial charge in [-0.05, 0) is 42.5 Å². The van der Waals surface area contributed by atoms with E-state index in [0.29, 0.717) is 23.9 Å². The molecule has 0 aliphatic rings. The molecule has 22 heavy (non-hydrogen) atoms. The van der Waals surface area contributed by atoms with Crippen LogP contribution >= 0.6 is 11.8 Å².